The number of hydrogen-bond acceptors (Lipinski definition) is 3. The molecule has 1 atom stereocenters. The molecular formula is C24H27N3O2. The van der Waals surface area contributed by atoms with Gasteiger partial charge in [0.25, 0.3) is 0 Å². The van der Waals surface area contributed by atoms with E-state index in [4.69, 9.17) is 0 Å². The molecule has 1 aliphatic carbocycles. The summed E-state index contributed by atoms with van der Waals surface area (Å²) in [5.74, 6) is 0.0936. The molecule has 2 aromatic rings. The quantitative estimate of drug-likeness (QED) is 0.725. The molecule has 2 N–H and O–H groups in total. The molecular weight excluding hydrogens is 362 g/mol. The van der Waals surface area contributed by atoms with E-state index in [9.17, 15) is 9.59 Å². The summed E-state index contributed by atoms with van der Waals surface area (Å²) < 4.78 is 0. The Bertz CT molecular complexity index is 1010. The highest BCUT2D eigenvalue weighted by Gasteiger charge is 2.43. The van der Waals surface area contributed by atoms with E-state index in [0.717, 1.165) is 34.6 Å². The number of allylic oxidation sites excluding steroid dienone is 1. The van der Waals surface area contributed by atoms with E-state index in [1.54, 1.807) is 11.9 Å². The Kier molecular flexibility index (Phi) is 4.69. The standard InChI is InChI=1S/C24H27N3O2/c1-15-9-11-16(12-10-15)22-21-18(13-24(2,3)14-20(21)28)26-17-7-5-6-8-19(17)27(22)23(29)25-4/h5-12,22,26H,13-14H2,1-4H3,(H,25,29)/t22-/m1/s1. The van der Waals surface area contributed by atoms with Gasteiger partial charge in [0.15, 0.2) is 5.78 Å². The van der Waals surface area contributed by atoms with Crippen molar-refractivity contribution < 1.29 is 9.59 Å². The Balaban J connectivity index is 2.00. The zero-order chi connectivity index (χ0) is 20.8. The minimum absolute atomic E-state index is 0.0936. The number of nitrogens with one attached hydrogen (secondary N) is 2. The lowest BCUT2D eigenvalue weighted by molar-refractivity contribution is -0.118. The van der Waals surface area contributed by atoms with Crippen LogP contribution in [0.15, 0.2) is 59.8 Å². The van der Waals surface area contributed by atoms with Crippen molar-refractivity contribution in [1.82, 2.24) is 5.32 Å². The van der Waals surface area contributed by atoms with Crippen molar-refractivity contribution in [2.24, 2.45) is 5.41 Å². The third-order valence-corrected chi connectivity index (χ3v) is 5.73. The zero-order valence-corrected chi connectivity index (χ0v) is 17.4. The molecule has 0 saturated carbocycles. The predicted molar refractivity (Wildman–Crippen MR) is 116 cm³/mol. The molecule has 0 bridgehead atoms. The number of para-hydroxylation sites is 2. The Morgan fingerprint density at radius 3 is 2.48 bits per heavy atom. The van der Waals surface area contributed by atoms with Crippen LogP contribution in [0.5, 0.6) is 0 Å². The van der Waals surface area contributed by atoms with Gasteiger partial charge in [0.05, 0.1) is 17.4 Å². The maximum absolute atomic E-state index is 13.4. The third kappa shape index (κ3) is 3.41. The van der Waals surface area contributed by atoms with E-state index in [0.29, 0.717) is 12.0 Å². The first-order chi connectivity index (χ1) is 13.8. The number of amides is 2. The Morgan fingerprint density at radius 2 is 1.79 bits per heavy atom. The van der Waals surface area contributed by atoms with Crippen molar-refractivity contribution >= 4 is 23.2 Å². The third-order valence-electron chi connectivity index (χ3n) is 5.73. The minimum atomic E-state index is -0.481. The van der Waals surface area contributed by atoms with E-state index >= 15 is 0 Å². The van der Waals surface area contributed by atoms with Crippen molar-refractivity contribution in [2.75, 3.05) is 17.3 Å². The van der Waals surface area contributed by atoms with Gasteiger partial charge >= 0.3 is 6.03 Å². The second kappa shape index (κ2) is 7.07. The lowest BCUT2D eigenvalue weighted by Crippen LogP contribution is -2.43. The summed E-state index contributed by atoms with van der Waals surface area (Å²) in [6, 6.07) is 15.1. The molecule has 5 nitrogen and oxygen atoms in total. The first kappa shape index (κ1) is 19.2. The number of aryl methyl sites for hydroxylation is 1. The molecule has 150 valence electrons. The van der Waals surface area contributed by atoms with Crippen molar-refractivity contribution in [3.8, 4) is 0 Å². The van der Waals surface area contributed by atoms with Gasteiger partial charge in [-0.15, -0.1) is 0 Å². The molecule has 0 radical (unpaired) electrons. The van der Waals surface area contributed by atoms with Gasteiger partial charge in [-0.2, -0.15) is 0 Å². The molecule has 5 heteroatoms. The summed E-state index contributed by atoms with van der Waals surface area (Å²) in [6.45, 7) is 6.26. The van der Waals surface area contributed by atoms with Crippen molar-refractivity contribution in [3.63, 3.8) is 0 Å². The second-order valence-electron chi connectivity index (χ2n) is 8.71. The highest BCUT2D eigenvalue weighted by molar-refractivity contribution is 6.05. The molecule has 0 spiro atoms. The van der Waals surface area contributed by atoms with Gasteiger partial charge in [0.2, 0.25) is 0 Å². The molecule has 0 unspecified atom stereocenters. The van der Waals surface area contributed by atoms with Crippen LogP contribution in [-0.2, 0) is 4.79 Å². The number of rotatable bonds is 1. The Labute approximate surface area is 171 Å². The second-order valence-corrected chi connectivity index (χ2v) is 8.71. The average molecular weight is 389 g/mol. The number of hydrogen-bond donors (Lipinski definition) is 2. The van der Waals surface area contributed by atoms with Crippen molar-refractivity contribution in [2.45, 2.75) is 39.7 Å². The monoisotopic (exact) mass is 389 g/mol. The van der Waals surface area contributed by atoms with Crippen LogP contribution in [0, 0.1) is 12.3 Å². The number of ketones is 1. The maximum Gasteiger partial charge on any atom is 0.322 e. The van der Waals surface area contributed by atoms with Crippen LogP contribution in [0.1, 0.15) is 43.9 Å². The van der Waals surface area contributed by atoms with Crippen LogP contribution in [0.25, 0.3) is 0 Å². The average Bonchev–Trinajstić information content (AvgIpc) is 2.81. The topological polar surface area (TPSA) is 61.4 Å². The first-order valence-corrected chi connectivity index (χ1v) is 10.0. The van der Waals surface area contributed by atoms with E-state index in [-0.39, 0.29) is 17.2 Å². The fourth-order valence-electron chi connectivity index (χ4n) is 4.40. The normalized spacial score (nSPS) is 20.3. The first-order valence-electron chi connectivity index (χ1n) is 10.0. The molecule has 1 aliphatic heterocycles. The molecule has 2 aromatic carbocycles. The summed E-state index contributed by atoms with van der Waals surface area (Å²) in [5, 5.41) is 6.27. The van der Waals surface area contributed by atoms with Crippen LogP contribution in [-0.4, -0.2) is 18.9 Å². The maximum atomic E-state index is 13.4. The molecule has 2 aliphatic rings. The van der Waals surface area contributed by atoms with Gasteiger partial charge in [0.1, 0.15) is 0 Å². The largest absolute Gasteiger partial charge is 0.357 e. The molecule has 0 saturated heterocycles. The number of urea groups is 1. The van der Waals surface area contributed by atoms with Crippen LogP contribution in [0.2, 0.25) is 0 Å². The van der Waals surface area contributed by atoms with Gasteiger partial charge in [0, 0.05) is 24.7 Å². The van der Waals surface area contributed by atoms with Crippen LogP contribution >= 0.6 is 0 Å². The van der Waals surface area contributed by atoms with Crippen LogP contribution in [0.4, 0.5) is 16.2 Å². The molecule has 29 heavy (non-hydrogen) atoms. The van der Waals surface area contributed by atoms with Gasteiger partial charge in [-0.25, -0.2) is 4.79 Å². The van der Waals surface area contributed by atoms with Gasteiger partial charge in [-0.1, -0.05) is 55.8 Å². The zero-order valence-electron chi connectivity index (χ0n) is 17.4. The summed E-state index contributed by atoms with van der Waals surface area (Å²) in [5.41, 5.74) is 5.14. The number of nitrogens with zero attached hydrogens (tertiary/aromatic N) is 1. The van der Waals surface area contributed by atoms with Crippen molar-refractivity contribution in [3.05, 3.63) is 70.9 Å². The highest BCUT2D eigenvalue weighted by atomic mass is 16.2. The lowest BCUT2D eigenvalue weighted by Gasteiger charge is -2.37. The Morgan fingerprint density at radius 1 is 1.10 bits per heavy atom. The molecule has 4 rings (SSSR count). The van der Waals surface area contributed by atoms with E-state index in [2.05, 4.69) is 24.5 Å². The van der Waals surface area contributed by atoms with E-state index in [1.807, 2.05) is 55.5 Å². The molecule has 0 fully saturated rings. The SMILES string of the molecule is CNC(=O)N1c2ccccc2NC2=C(C(=O)CC(C)(C)C2)[C@H]1c1ccc(C)cc1. The van der Waals surface area contributed by atoms with E-state index < -0.39 is 6.04 Å². The van der Waals surface area contributed by atoms with Gasteiger partial charge < -0.3 is 10.6 Å². The fraction of sp³-hybridized carbons (Fsp3) is 0.333. The Hall–Kier alpha value is -3.08. The number of carbonyl (C=O) groups excluding carboxylic acids is 2. The summed E-state index contributed by atoms with van der Waals surface area (Å²) in [6.07, 6.45) is 1.22. The van der Waals surface area contributed by atoms with Crippen molar-refractivity contribution in [1.29, 1.82) is 0 Å². The summed E-state index contributed by atoms with van der Waals surface area (Å²) >= 11 is 0. The predicted octanol–water partition coefficient (Wildman–Crippen LogP) is 4.95. The van der Waals surface area contributed by atoms with Crippen LogP contribution in [0.3, 0.4) is 0 Å². The number of anilines is 2. The highest BCUT2D eigenvalue weighted by Crippen LogP contribution is 2.48. The fourth-order valence-corrected chi connectivity index (χ4v) is 4.40. The van der Waals surface area contributed by atoms with Gasteiger partial charge in [-0.05, 0) is 36.5 Å². The molecule has 2 amide bonds. The molecule has 1 heterocycles. The lowest BCUT2D eigenvalue weighted by atomic mass is 9.73. The smallest absolute Gasteiger partial charge is 0.322 e. The molecule has 0 aromatic heterocycles. The van der Waals surface area contributed by atoms with Gasteiger partial charge in [-0.3, -0.25) is 9.69 Å². The number of carbonyl (C=O) groups is 2. The number of benzene rings is 2. The van der Waals surface area contributed by atoms with Crippen LogP contribution < -0.4 is 15.5 Å². The summed E-state index contributed by atoms with van der Waals surface area (Å²) in [4.78, 5) is 28.2. The number of fused-ring (bicyclic) bond motifs is 1. The van der Waals surface area contributed by atoms with E-state index in [1.165, 1.54) is 0 Å². The number of Topliss-reactive ketones (excluding diaryl/α,β-unsaturated/α-hetero) is 1. The minimum Gasteiger partial charge on any atom is -0.357 e. The summed E-state index contributed by atoms with van der Waals surface area (Å²) in [7, 11) is 1.62.